The minimum absolute atomic E-state index is 0.205. The predicted molar refractivity (Wildman–Crippen MR) is 151 cm³/mol. The van der Waals surface area contributed by atoms with Crippen LogP contribution in [0.3, 0.4) is 0 Å². The van der Waals surface area contributed by atoms with Crippen molar-refractivity contribution >= 4 is 16.8 Å². The number of halogens is 1. The molecule has 1 amide bonds. The third-order valence-electron chi connectivity index (χ3n) is 7.23. The Morgan fingerprint density at radius 3 is 2.45 bits per heavy atom. The Hall–Kier alpha value is -5.24. The number of carbonyl (C=O) groups is 1. The Kier molecular flexibility index (Phi) is 5.85. The van der Waals surface area contributed by atoms with Gasteiger partial charge in [0.1, 0.15) is 11.5 Å². The fraction of sp³-hybridized carbons (Fsp3) is 0.0938. The molecule has 1 aliphatic heterocycles. The van der Waals surface area contributed by atoms with Crippen molar-refractivity contribution in [1.82, 2.24) is 29.6 Å². The largest absolute Gasteiger partial charge is 0.329 e. The highest BCUT2D eigenvalue weighted by atomic mass is 19.1. The molecule has 0 radical (unpaired) electrons. The normalized spacial score (nSPS) is 12.9. The van der Waals surface area contributed by atoms with Crippen molar-refractivity contribution in [2.24, 2.45) is 0 Å². The molecule has 7 rings (SSSR count). The van der Waals surface area contributed by atoms with Gasteiger partial charge in [-0.3, -0.25) is 9.78 Å². The molecular weight excluding hydrogens is 503 g/mol. The van der Waals surface area contributed by atoms with Gasteiger partial charge in [0, 0.05) is 41.4 Å². The first-order chi connectivity index (χ1) is 19.6. The first-order valence-corrected chi connectivity index (χ1v) is 13.0. The third-order valence-corrected chi connectivity index (χ3v) is 7.23. The minimum Gasteiger partial charge on any atom is -0.329 e. The summed E-state index contributed by atoms with van der Waals surface area (Å²) in [6.45, 7) is 1.27. The molecule has 0 unspecified atom stereocenters. The summed E-state index contributed by atoms with van der Waals surface area (Å²) in [5.41, 5.74) is 4.99. The summed E-state index contributed by atoms with van der Waals surface area (Å²) in [5, 5.41) is 9.84. The van der Waals surface area contributed by atoms with Gasteiger partial charge in [0.2, 0.25) is 0 Å². The van der Waals surface area contributed by atoms with Crippen LogP contribution in [-0.2, 0) is 13.1 Å². The lowest BCUT2D eigenvalue weighted by Crippen LogP contribution is -2.38. The highest BCUT2D eigenvalue weighted by Gasteiger charge is 2.28. The van der Waals surface area contributed by atoms with Gasteiger partial charge >= 0.3 is 0 Å². The molecule has 0 N–H and O–H groups in total. The summed E-state index contributed by atoms with van der Waals surface area (Å²) in [7, 11) is 0. The summed E-state index contributed by atoms with van der Waals surface area (Å²) >= 11 is 0. The second-order valence-corrected chi connectivity index (χ2v) is 9.70. The monoisotopic (exact) mass is 526 g/mol. The average Bonchev–Trinajstić information content (AvgIpc) is 3.44. The van der Waals surface area contributed by atoms with Crippen LogP contribution in [0, 0.1) is 5.82 Å². The van der Waals surface area contributed by atoms with E-state index in [0.717, 1.165) is 27.7 Å². The van der Waals surface area contributed by atoms with Crippen molar-refractivity contribution in [2.75, 3.05) is 6.54 Å². The van der Waals surface area contributed by atoms with E-state index in [2.05, 4.69) is 15.2 Å². The Morgan fingerprint density at radius 2 is 1.60 bits per heavy atom. The second kappa shape index (κ2) is 9.81. The average molecular weight is 527 g/mol. The summed E-state index contributed by atoms with van der Waals surface area (Å²) in [4.78, 5) is 24.8. The van der Waals surface area contributed by atoms with Crippen LogP contribution < -0.4 is 0 Å². The lowest BCUT2D eigenvalue weighted by atomic mass is 10.0. The second-order valence-electron chi connectivity index (χ2n) is 9.70. The van der Waals surface area contributed by atoms with Gasteiger partial charge in [-0.05, 0) is 42.0 Å². The summed E-state index contributed by atoms with van der Waals surface area (Å²) in [6.07, 6.45) is 1.75. The maximum Gasteiger partial charge on any atom is 0.255 e. The molecule has 3 aromatic carbocycles. The van der Waals surface area contributed by atoms with Crippen molar-refractivity contribution in [2.45, 2.75) is 13.1 Å². The number of para-hydroxylation sites is 1. The molecular formula is C32H23FN6O. The van der Waals surface area contributed by atoms with Crippen molar-refractivity contribution in [1.29, 1.82) is 0 Å². The summed E-state index contributed by atoms with van der Waals surface area (Å²) < 4.78 is 16.4. The minimum atomic E-state index is -0.425. The number of nitrogens with zero attached hydrogens (tertiary/aromatic N) is 6. The number of benzene rings is 3. The maximum absolute atomic E-state index is 14.4. The zero-order valence-corrected chi connectivity index (χ0v) is 21.4. The molecule has 4 heterocycles. The van der Waals surface area contributed by atoms with Crippen LogP contribution in [0.25, 0.3) is 44.8 Å². The van der Waals surface area contributed by atoms with Gasteiger partial charge in [-0.25, -0.2) is 9.37 Å². The van der Waals surface area contributed by atoms with Crippen LogP contribution in [0.2, 0.25) is 0 Å². The number of amides is 1. The van der Waals surface area contributed by atoms with Crippen molar-refractivity contribution in [3.05, 3.63) is 120 Å². The highest BCUT2D eigenvalue weighted by molar-refractivity contribution is 6.00. The number of aromatic nitrogens is 5. The smallest absolute Gasteiger partial charge is 0.255 e. The molecule has 8 heteroatoms. The molecule has 0 saturated heterocycles. The van der Waals surface area contributed by atoms with Crippen molar-refractivity contribution < 1.29 is 9.18 Å². The van der Waals surface area contributed by atoms with Gasteiger partial charge in [0.25, 0.3) is 5.91 Å². The maximum atomic E-state index is 14.4. The van der Waals surface area contributed by atoms with Crippen LogP contribution in [-0.4, -0.2) is 42.1 Å². The summed E-state index contributed by atoms with van der Waals surface area (Å²) in [6, 6.07) is 29.8. The highest BCUT2D eigenvalue weighted by Crippen LogP contribution is 2.29. The molecule has 0 spiro atoms. The number of hydrogen-bond acceptors (Lipinski definition) is 5. The first-order valence-electron chi connectivity index (χ1n) is 13.0. The molecule has 0 atom stereocenters. The Bertz CT molecular complexity index is 1870. The van der Waals surface area contributed by atoms with Gasteiger partial charge in [0.15, 0.2) is 11.6 Å². The van der Waals surface area contributed by atoms with E-state index in [-0.39, 0.29) is 12.5 Å². The molecule has 0 fully saturated rings. The van der Waals surface area contributed by atoms with E-state index >= 15 is 0 Å². The van der Waals surface area contributed by atoms with Gasteiger partial charge in [-0.2, -0.15) is 0 Å². The fourth-order valence-corrected chi connectivity index (χ4v) is 5.15. The van der Waals surface area contributed by atoms with E-state index in [1.807, 2.05) is 83.4 Å². The first kappa shape index (κ1) is 23.8. The summed E-state index contributed by atoms with van der Waals surface area (Å²) in [5.74, 6) is 0.728. The number of carbonyl (C=O) groups excluding carboxylic acids is 1. The van der Waals surface area contributed by atoms with Crippen LogP contribution in [0.4, 0.5) is 4.39 Å². The predicted octanol–water partition coefficient (Wildman–Crippen LogP) is 6.02. The molecule has 40 heavy (non-hydrogen) atoms. The van der Waals surface area contributed by atoms with E-state index in [1.54, 1.807) is 11.1 Å². The molecule has 0 bridgehead atoms. The molecule has 0 aliphatic carbocycles. The number of rotatable bonds is 4. The Morgan fingerprint density at radius 1 is 0.775 bits per heavy atom. The fourth-order valence-electron chi connectivity index (χ4n) is 5.15. The van der Waals surface area contributed by atoms with Gasteiger partial charge < -0.3 is 9.47 Å². The van der Waals surface area contributed by atoms with Crippen LogP contribution in [0.5, 0.6) is 0 Å². The van der Waals surface area contributed by atoms with Crippen LogP contribution in [0.1, 0.15) is 16.2 Å². The molecule has 0 saturated carbocycles. The van der Waals surface area contributed by atoms with Gasteiger partial charge in [-0.15, -0.1) is 10.2 Å². The van der Waals surface area contributed by atoms with E-state index in [9.17, 15) is 9.18 Å². The van der Waals surface area contributed by atoms with Crippen molar-refractivity contribution in [3.63, 3.8) is 0 Å². The molecule has 6 aromatic rings. The lowest BCUT2D eigenvalue weighted by molar-refractivity contribution is 0.0708. The third kappa shape index (κ3) is 4.29. The van der Waals surface area contributed by atoms with Crippen LogP contribution in [0.15, 0.2) is 103 Å². The number of fused-ring (bicyclic) bond motifs is 2. The van der Waals surface area contributed by atoms with E-state index in [4.69, 9.17) is 4.98 Å². The van der Waals surface area contributed by atoms with E-state index < -0.39 is 5.82 Å². The van der Waals surface area contributed by atoms with E-state index in [0.29, 0.717) is 41.6 Å². The lowest BCUT2D eigenvalue weighted by Gasteiger charge is -2.28. The molecule has 1 aliphatic rings. The zero-order valence-electron chi connectivity index (χ0n) is 21.4. The van der Waals surface area contributed by atoms with Gasteiger partial charge in [-0.1, -0.05) is 60.7 Å². The zero-order chi connectivity index (χ0) is 27.1. The number of hydrogen-bond donors (Lipinski definition) is 0. The standard InChI is InChI=1S/C32H23FN6O/c33-24-12-13-25(26(18-24)28-14-11-23(19-34-28)21-6-2-1-3-7-21)32(40)38-16-17-39-30(20-38)36-37-31(39)29-15-10-22-8-4-5-9-27(22)35-29/h1-15,18-19H,16-17,20H2. The Labute approximate surface area is 229 Å². The quantitative estimate of drug-likeness (QED) is 0.281. The molecule has 3 aromatic heterocycles. The molecule has 194 valence electrons. The van der Waals surface area contributed by atoms with E-state index in [1.165, 1.54) is 18.2 Å². The van der Waals surface area contributed by atoms with Gasteiger partial charge in [0.05, 0.1) is 17.8 Å². The Balaban J connectivity index is 1.16. The topological polar surface area (TPSA) is 76.8 Å². The molecule has 7 nitrogen and oxygen atoms in total. The SMILES string of the molecule is O=C(c1ccc(F)cc1-c1ccc(-c2ccccc2)cn1)N1CCn2c(nnc2-c2ccc3ccccc3n2)C1. The van der Waals surface area contributed by atoms with Crippen LogP contribution >= 0.6 is 0 Å². The number of pyridine rings is 2. The van der Waals surface area contributed by atoms with Crippen molar-refractivity contribution in [3.8, 4) is 33.9 Å².